The Morgan fingerprint density at radius 3 is 2.38 bits per heavy atom. The smallest absolute Gasteiger partial charge is 0.195 e. The lowest BCUT2D eigenvalue weighted by Crippen LogP contribution is -2.05. The highest BCUT2D eigenvalue weighted by atomic mass is 32.1. The molecule has 0 amide bonds. The molecule has 2 nitrogen and oxygen atoms in total. The van der Waals surface area contributed by atoms with Crippen molar-refractivity contribution in [1.29, 1.82) is 0 Å². The van der Waals surface area contributed by atoms with Crippen LogP contribution in [0.2, 0.25) is 0 Å². The predicted octanol–water partition coefficient (Wildman–Crippen LogP) is 7.11. The minimum Gasteiger partial charge on any atom is -0.398 e. The second-order valence-electron chi connectivity index (χ2n) is 6.87. The highest BCUT2D eigenvalue weighted by Gasteiger charge is 2.14. The van der Waals surface area contributed by atoms with Gasteiger partial charge in [0.25, 0.3) is 0 Å². The number of ketones is 1. The van der Waals surface area contributed by atoms with Crippen molar-refractivity contribution in [2.75, 3.05) is 5.73 Å². The van der Waals surface area contributed by atoms with Crippen LogP contribution in [-0.2, 0) is 0 Å². The van der Waals surface area contributed by atoms with Gasteiger partial charge in [0, 0.05) is 37.5 Å². The first kappa shape index (κ1) is 17.9. The van der Waals surface area contributed by atoms with Gasteiger partial charge in [-0.2, -0.15) is 0 Å². The van der Waals surface area contributed by atoms with Gasteiger partial charge in [-0.25, -0.2) is 0 Å². The summed E-state index contributed by atoms with van der Waals surface area (Å²) < 4.78 is 0. The third-order valence-corrected chi connectivity index (χ3v) is 6.88. The van der Waals surface area contributed by atoms with Crippen molar-refractivity contribution >= 4 is 44.9 Å². The Labute approximate surface area is 176 Å². The summed E-state index contributed by atoms with van der Waals surface area (Å²) in [4.78, 5) is 15.3. The number of rotatable bonds is 4. The van der Waals surface area contributed by atoms with E-state index in [1.165, 1.54) is 15.3 Å². The maximum atomic E-state index is 12.8. The number of hydrogen-bond donors (Lipinski definition) is 1. The molecule has 0 saturated carbocycles. The normalized spacial score (nSPS) is 11.0. The largest absolute Gasteiger partial charge is 0.398 e. The van der Waals surface area contributed by atoms with Crippen molar-refractivity contribution in [3.05, 3.63) is 101 Å². The molecule has 140 valence electrons. The zero-order chi connectivity index (χ0) is 19.8. The summed E-state index contributed by atoms with van der Waals surface area (Å²) in [5, 5.41) is 6.34. The maximum absolute atomic E-state index is 12.8. The van der Waals surface area contributed by atoms with E-state index in [2.05, 4.69) is 47.2 Å². The Balaban J connectivity index is 1.53. The summed E-state index contributed by atoms with van der Waals surface area (Å²) in [6.45, 7) is 0. The van der Waals surface area contributed by atoms with Crippen LogP contribution in [0.5, 0.6) is 0 Å². The molecule has 0 aliphatic rings. The first-order valence-electron chi connectivity index (χ1n) is 9.25. The highest BCUT2D eigenvalue weighted by molar-refractivity contribution is 7.16. The first-order chi connectivity index (χ1) is 14.2. The molecule has 29 heavy (non-hydrogen) atoms. The monoisotopic (exact) mass is 411 g/mol. The van der Waals surface area contributed by atoms with Crippen LogP contribution < -0.4 is 5.73 Å². The number of hydrogen-bond acceptors (Lipinski definition) is 4. The van der Waals surface area contributed by atoms with Gasteiger partial charge >= 0.3 is 0 Å². The molecule has 2 aromatic heterocycles. The van der Waals surface area contributed by atoms with E-state index in [1.54, 1.807) is 22.7 Å². The highest BCUT2D eigenvalue weighted by Crippen LogP contribution is 2.36. The second kappa shape index (κ2) is 7.32. The number of benzene rings is 3. The zero-order valence-corrected chi connectivity index (χ0v) is 17.1. The van der Waals surface area contributed by atoms with Crippen molar-refractivity contribution in [1.82, 2.24) is 0 Å². The van der Waals surface area contributed by atoms with E-state index in [0.29, 0.717) is 16.8 Å². The summed E-state index contributed by atoms with van der Waals surface area (Å²) in [6, 6.07) is 25.8. The molecular formula is C25H17NOS2. The van der Waals surface area contributed by atoms with Crippen LogP contribution in [0.1, 0.15) is 15.9 Å². The van der Waals surface area contributed by atoms with Gasteiger partial charge in [-0.15, -0.1) is 22.7 Å². The summed E-state index contributed by atoms with van der Waals surface area (Å²) in [7, 11) is 0. The second-order valence-corrected chi connectivity index (χ2v) is 8.73. The molecule has 0 unspecified atom stereocenters. The van der Waals surface area contributed by atoms with Crippen LogP contribution in [0.15, 0.2) is 89.6 Å². The fourth-order valence-electron chi connectivity index (χ4n) is 3.47. The van der Waals surface area contributed by atoms with E-state index in [1.807, 2.05) is 42.5 Å². The molecule has 0 radical (unpaired) electrons. The molecule has 0 atom stereocenters. The van der Waals surface area contributed by atoms with Gasteiger partial charge in [-0.05, 0) is 52.0 Å². The van der Waals surface area contributed by atoms with Crippen LogP contribution in [0.3, 0.4) is 0 Å². The van der Waals surface area contributed by atoms with E-state index in [-0.39, 0.29) is 5.78 Å². The topological polar surface area (TPSA) is 43.1 Å². The fraction of sp³-hybridized carbons (Fsp3) is 0. The quantitative estimate of drug-likeness (QED) is 0.253. The molecule has 5 aromatic rings. The molecule has 3 aromatic carbocycles. The maximum Gasteiger partial charge on any atom is 0.195 e. The third-order valence-electron chi connectivity index (χ3n) is 4.98. The van der Waals surface area contributed by atoms with Crippen LogP contribution in [0, 0.1) is 0 Å². The molecule has 0 aliphatic heterocycles. The van der Waals surface area contributed by atoms with Gasteiger partial charge in [0.1, 0.15) is 0 Å². The molecule has 4 heteroatoms. The van der Waals surface area contributed by atoms with E-state index < -0.39 is 0 Å². The van der Waals surface area contributed by atoms with Gasteiger partial charge in [0.2, 0.25) is 0 Å². The van der Waals surface area contributed by atoms with E-state index in [0.717, 1.165) is 16.3 Å². The SMILES string of the molecule is Nc1cc2cc(-c3cc(-c4cccs4)cs3)ccc2cc1C(=O)c1ccccc1. The van der Waals surface area contributed by atoms with Crippen molar-refractivity contribution in [3.8, 4) is 20.9 Å². The number of nitrogen functional groups attached to an aromatic ring is 1. The minimum atomic E-state index is -0.0482. The number of thiophene rings is 2. The van der Waals surface area contributed by atoms with Crippen LogP contribution in [0.25, 0.3) is 31.7 Å². The Morgan fingerprint density at radius 2 is 1.59 bits per heavy atom. The Bertz CT molecular complexity index is 1320. The first-order valence-corrected chi connectivity index (χ1v) is 11.0. The van der Waals surface area contributed by atoms with Gasteiger partial charge < -0.3 is 5.73 Å². The van der Waals surface area contributed by atoms with Crippen LogP contribution in [0.4, 0.5) is 5.69 Å². The number of carbonyl (C=O) groups is 1. The Morgan fingerprint density at radius 1 is 0.724 bits per heavy atom. The summed E-state index contributed by atoms with van der Waals surface area (Å²) in [5.74, 6) is -0.0482. The van der Waals surface area contributed by atoms with Crippen molar-refractivity contribution in [2.45, 2.75) is 0 Å². The van der Waals surface area contributed by atoms with Gasteiger partial charge in [-0.1, -0.05) is 48.5 Å². The molecule has 0 fully saturated rings. The number of nitrogens with two attached hydrogens (primary N) is 1. The summed E-state index contributed by atoms with van der Waals surface area (Å²) in [5.41, 5.74) is 10.4. The van der Waals surface area contributed by atoms with E-state index in [9.17, 15) is 4.79 Å². The van der Waals surface area contributed by atoms with Gasteiger partial charge in [0.05, 0.1) is 0 Å². The Hall–Kier alpha value is -3.21. The molecule has 2 N–H and O–H groups in total. The molecule has 5 rings (SSSR count). The van der Waals surface area contributed by atoms with Crippen LogP contribution in [-0.4, -0.2) is 5.78 Å². The standard InChI is InChI=1S/C25H17NOS2/c26-22-13-19-11-18(24-14-20(15-29-24)23-7-4-10-28-23)9-8-17(19)12-21(22)25(27)16-5-2-1-3-6-16/h1-15H,26H2. The molecule has 0 bridgehead atoms. The van der Waals surface area contributed by atoms with Crippen molar-refractivity contribution in [2.24, 2.45) is 0 Å². The van der Waals surface area contributed by atoms with Gasteiger partial charge in [0.15, 0.2) is 5.78 Å². The number of fused-ring (bicyclic) bond motifs is 1. The van der Waals surface area contributed by atoms with Gasteiger partial charge in [-0.3, -0.25) is 4.79 Å². The molecule has 0 saturated heterocycles. The lowest BCUT2D eigenvalue weighted by Gasteiger charge is -2.09. The van der Waals surface area contributed by atoms with Crippen LogP contribution >= 0.6 is 22.7 Å². The molecular weight excluding hydrogens is 394 g/mol. The average molecular weight is 412 g/mol. The molecule has 0 aliphatic carbocycles. The van der Waals surface area contributed by atoms with Crippen molar-refractivity contribution in [3.63, 3.8) is 0 Å². The molecule has 2 heterocycles. The van der Waals surface area contributed by atoms with Crippen molar-refractivity contribution < 1.29 is 4.79 Å². The van der Waals surface area contributed by atoms with E-state index >= 15 is 0 Å². The minimum absolute atomic E-state index is 0.0482. The lowest BCUT2D eigenvalue weighted by atomic mass is 9.97. The Kier molecular flexibility index (Phi) is 4.51. The summed E-state index contributed by atoms with van der Waals surface area (Å²) in [6.07, 6.45) is 0. The summed E-state index contributed by atoms with van der Waals surface area (Å²) >= 11 is 3.49. The lowest BCUT2D eigenvalue weighted by molar-refractivity contribution is 0.103. The predicted molar refractivity (Wildman–Crippen MR) is 125 cm³/mol. The zero-order valence-electron chi connectivity index (χ0n) is 15.5. The third kappa shape index (κ3) is 3.37. The fourth-order valence-corrected chi connectivity index (χ4v) is 5.17. The molecule has 0 spiro atoms. The van der Waals surface area contributed by atoms with E-state index in [4.69, 9.17) is 5.73 Å². The number of anilines is 1. The number of carbonyl (C=O) groups excluding carboxylic acids is 1. The average Bonchev–Trinajstić information content (AvgIpc) is 3.45.